The molecule has 1 aromatic heterocycles. The lowest BCUT2D eigenvalue weighted by atomic mass is 10.1. The number of hydrogen-bond donors (Lipinski definition) is 0. The number of nitrogens with zero attached hydrogens (tertiary/aromatic N) is 2. The predicted octanol–water partition coefficient (Wildman–Crippen LogP) is 7.88. The number of benzene rings is 4. The Labute approximate surface area is 203 Å². The van der Waals surface area contributed by atoms with Crippen molar-refractivity contribution in [2.75, 3.05) is 11.4 Å². The van der Waals surface area contributed by atoms with Crippen LogP contribution >= 0.6 is 23.1 Å². The van der Waals surface area contributed by atoms with Crippen molar-refractivity contribution in [1.29, 1.82) is 0 Å². The normalized spacial score (nSPS) is 15.9. The Morgan fingerprint density at radius 2 is 1.61 bits per heavy atom. The number of thiazole rings is 1. The zero-order chi connectivity index (χ0) is 22.4. The molecule has 5 aromatic rings. The van der Waals surface area contributed by atoms with Crippen LogP contribution in [-0.4, -0.2) is 11.9 Å². The van der Waals surface area contributed by atoms with E-state index < -0.39 is 0 Å². The van der Waals surface area contributed by atoms with Crippen molar-refractivity contribution in [2.24, 2.45) is 0 Å². The maximum absolute atomic E-state index is 2.58. The molecule has 2 nitrogen and oxygen atoms in total. The standard InChI is InChI=1S/C29H27N2S2/c1-3-30-26(32-24-18-16-20-10-5-7-12-22(20)28(24)30)14-9-15-27-31(4-2)29-23-13-8-6-11-21(23)17-19-25(29)33-27/h5-14,16-19,27H,3-4,15H2,1-2H3/q+1. The van der Waals surface area contributed by atoms with E-state index in [2.05, 4.69) is 108 Å². The van der Waals surface area contributed by atoms with E-state index in [0.29, 0.717) is 5.37 Å². The van der Waals surface area contributed by atoms with E-state index in [0.717, 1.165) is 19.5 Å². The van der Waals surface area contributed by atoms with Gasteiger partial charge in [-0.2, -0.15) is 4.57 Å². The Bertz CT molecular complexity index is 1510. The molecule has 0 spiro atoms. The number of thioether (sulfide) groups is 1. The number of hydrogen-bond acceptors (Lipinski definition) is 3. The third-order valence-electron chi connectivity index (χ3n) is 6.63. The molecule has 1 aliphatic rings. The maximum Gasteiger partial charge on any atom is 0.262 e. The summed E-state index contributed by atoms with van der Waals surface area (Å²) in [6, 6.07) is 26.6. The van der Waals surface area contributed by atoms with Crippen molar-refractivity contribution < 1.29 is 4.57 Å². The van der Waals surface area contributed by atoms with Gasteiger partial charge >= 0.3 is 0 Å². The fraction of sp³-hybridized carbons (Fsp3) is 0.207. The molecule has 1 unspecified atom stereocenters. The molecule has 0 fully saturated rings. The van der Waals surface area contributed by atoms with Crippen LogP contribution in [0.25, 0.3) is 37.8 Å². The lowest BCUT2D eigenvalue weighted by molar-refractivity contribution is -0.664. The SMILES string of the molecule is CCN1c2c(ccc3ccccc23)SC1CC=Cc1sc2ccc3ccccc3c2[n+]1CC. The van der Waals surface area contributed by atoms with Crippen LogP contribution in [0.1, 0.15) is 25.3 Å². The van der Waals surface area contributed by atoms with E-state index in [4.69, 9.17) is 0 Å². The molecule has 0 amide bonds. The van der Waals surface area contributed by atoms with Crippen LogP contribution in [0.2, 0.25) is 0 Å². The van der Waals surface area contributed by atoms with Gasteiger partial charge in [0.15, 0.2) is 0 Å². The molecule has 6 rings (SSSR count). The minimum Gasteiger partial charge on any atom is -0.358 e. The summed E-state index contributed by atoms with van der Waals surface area (Å²) in [4.78, 5) is 3.99. The number of rotatable bonds is 5. The number of anilines is 1. The number of fused-ring (bicyclic) bond motifs is 6. The third kappa shape index (κ3) is 3.44. The summed E-state index contributed by atoms with van der Waals surface area (Å²) in [5.41, 5.74) is 2.78. The van der Waals surface area contributed by atoms with Crippen molar-refractivity contribution >= 4 is 66.6 Å². The molecule has 0 aliphatic carbocycles. The van der Waals surface area contributed by atoms with Gasteiger partial charge in [0.2, 0.25) is 5.52 Å². The van der Waals surface area contributed by atoms with Crippen LogP contribution in [0, 0.1) is 0 Å². The van der Waals surface area contributed by atoms with Gasteiger partial charge in [-0.15, -0.1) is 0 Å². The summed E-state index contributed by atoms with van der Waals surface area (Å²) >= 11 is 3.90. The second kappa shape index (κ2) is 8.51. The Morgan fingerprint density at radius 3 is 2.39 bits per heavy atom. The van der Waals surface area contributed by atoms with Gasteiger partial charge in [0, 0.05) is 22.9 Å². The van der Waals surface area contributed by atoms with E-state index in [1.165, 1.54) is 47.4 Å². The lowest BCUT2D eigenvalue weighted by Gasteiger charge is -2.25. The Kier molecular flexibility index (Phi) is 5.35. The first-order chi connectivity index (χ1) is 16.3. The van der Waals surface area contributed by atoms with Crippen LogP contribution < -0.4 is 9.47 Å². The van der Waals surface area contributed by atoms with Crippen LogP contribution in [-0.2, 0) is 6.54 Å². The smallest absolute Gasteiger partial charge is 0.262 e. The fourth-order valence-corrected chi connectivity index (χ4v) is 7.66. The molecule has 0 bridgehead atoms. The van der Waals surface area contributed by atoms with Gasteiger partial charge in [0.25, 0.3) is 5.01 Å². The average Bonchev–Trinajstić information content (AvgIpc) is 3.41. The molecule has 0 radical (unpaired) electrons. The highest BCUT2D eigenvalue weighted by Crippen LogP contribution is 2.48. The van der Waals surface area contributed by atoms with Gasteiger partial charge in [0.05, 0.1) is 16.4 Å². The average molecular weight is 468 g/mol. The van der Waals surface area contributed by atoms with Crippen LogP contribution in [0.15, 0.2) is 83.8 Å². The fourth-order valence-electron chi connectivity index (χ4n) is 5.11. The Hall–Kier alpha value is -2.82. The molecule has 1 atom stereocenters. The van der Waals surface area contributed by atoms with Crippen LogP contribution in [0.4, 0.5) is 5.69 Å². The highest BCUT2D eigenvalue weighted by molar-refractivity contribution is 8.00. The van der Waals surface area contributed by atoms with Gasteiger partial charge in [-0.1, -0.05) is 83.8 Å². The quantitative estimate of drug-likeness (QED) is 0.243. The topological polar surface area (TPSA) is 7.12 Å². The van der Waals surface area contributed by atoms with Gasteiger partial charge in [0.1, 0.15) is 11.2 Å². The first-order valence-electron chi connectivity index (χ1n) is 11.7. The van der Waals surface area contributed by atoms with Crippen molar-refractivity contribution in [3.05, 3.63) is 83.9 Å². The summed E-state index contributed by atoms with van der Waals surface area (Å²) in [5, 5.41) is 7.13. The molecule has 164 valence electrons. The minimum absolute atomic E-state index is 0.442. The Balaban J connectivity index is 1.32. The van der Waals surface area contributed by atoms with Crippen molar-refractivity contribution in [3.63, 3.8) is 0 Å². The molecule has 4 heteroatoms. The van der Waals surface area contributed by atoms with Gasteiger partial charge in [-0.25, -0.2) is 0 Å². The highest BCUT2D eigenvalue weighted by Gasteiger charge is 2.30. The number of aromatic nitrogens is 1. The number of aryl methyl sites for hydroxylation is 1. The van der Waals surface area contributed by atoms with E-state index in [-0.39, 0.29) is 0 Å². The van der Waals surface area contributed by atoms with Crippen molar-refractivity contribution in [2.45, 2.75) is 37.1 Å². The summed E-state index contributed by atoms with van der Waals surface area (Å²) in [5.74, 6) is 0. The van der Waals surface area contributed by atoms with E-state index in [1.807, 2.05) is 23.1 Å². The predicted molar refractivity (Wildman–Crippen MR) is 145 cm³/mol. The van der Waals surface area contributed by atoms with Crippen LogP contribution in [0.5, 0.6) is 0 Å². The molecule has 0 saturated heterocycles. The Morgan fingerprint density at radius 1 is 0.879 bits per heavy atom. The molecular weight excluding hydrogens is 440 g/mol. The summed E-state index contributed by atoms with van der Waals surface area (Å²) in [6.07, 6.45) is 5.76. The zero-order valence-electron chi connectivity index (χ0n) is 19.0. The molecule has 2 heterocycles. The first-order valence-corrected chi connectivity index (χ1v) is 13.4. The van der Waals surface area contributed by atoms with Crippen molar-refractivity contribution in [1.82, 2.24) is 0 Å². The monoisotopic (exact) mass is 467 g/mol. The molecule has 33 heavy (non-hydrogen) atoms. The molecule has 4 aromatic carbocycles. The van der Waals surface area contributed by atoms with E-state index in [9.17, 15) is 0 Å². The molecular formula is C29H27N2S2+. The highest BCUT2D eigenvalue weighted by atomic mass is 32.2. The van der Waals surface area contributed by atoms with E-state index in [1.54, 1.807) is 0 Å². The largest absolute Gasteiger partial charge is 0.358 e. The van der Waals surface area contributed by atoms with Crippen LogP contribution in [0.3, 0.4) is 0 Å². The molecule has 0 saturated carbocycles. The third-order valence-corrected chi connectivity index (χ3v) is 9.05. The molecule has 1 aliphatic heterocycles. The van der Waals surface area contributed by atoms with Gasteiger partial charge in [-0.05, 0) is 49.2 Å². The van der Waals surface area contributed by atoms with Gasteiger partial charge in [-0.3, -0.25) is 0 Å². The molecule has 0 N–H and O–H groups in total. The first kappa shape index (κ1) is 20.8. The zero-order valence-corrected chi connectivity index (χ0v) is 20.6. The lowest BCUT2D eigenvalue weighted by Crippen LogP contribution is -2.33. The summed E-state index contributed by atoms with van der Waals surface area (Å²) in [7, 11) is 0. The minimum atomic E-state index is 0.442. The second-order valence-corrected chi connectivity index (χ2v) is 10.7. The summed E-state index contributed by atoms with van der Waals surface area (Å²) in [6.45, 7) is 6.52. The summed E-state index contributed by atoms with van der Waals surface area (Å²) < 4.78 is 3.83. The van der Waals surface area contributed by atoms with Gasteiger partial charge < -0.3 is 4.90 Å². The van der Waals surface area contributed by atoms with E-state index >= 15 is 0 Å². The van der Waals surface area contributed by atoms with Crippen molar-refractivity contribution in [3.8, 4) is 0 Å². The second-order valence-electron chi connectivity index (χ2n) is 8.45. The maximum atomic E-state index is 2.58.